The summed E-state index contributed by atoms with van der Waals surface area (Å²) in [6.45, 7) is 1.33. The largest absolute Gasteiger partial charge is 0.497 e. The second-order valence-electron chi connectivity index (χ2n) is 4.73. The van der Waals surface area contributed by atoms with E-state index in [2.05, 4.69) is 5.32 Å². The highest BCUT2D eigenvalue weighted by Gasteiger charge is 2.25. The maximum absolute atomic E-state index is 11.9. The number of aliphatic hydroxyl groups excluding tert-OH is 1. The van der Waals surface area contributed by atoms with Gasteiger partial charge in [0.2, 0.25) is 5.91 Å². The molecule has 1 aliphatic heterocycles. The number of hydrogen-bond acceptors (Lipinski definition) is 4. The molecule has 1 atom stereocenters. The molecule has 1 unspecified atom stereocenters. The number of ether oxygens (including phenoxy) is 1. The number of amides is 1. The number of carbonyl (C=O) groups excluding carboxylic acids is 1. The SMILES string of the molecule is COc1ccc(NC(=O)CN2CCCC2CO)cc1. The fraction of sp³-hybridized carbons (Fsp3) is 0.500. The van der Waals surface area contributed by atoms with Crippen molar-refractivity contribution in [3.8, 4) is 5.75 Å². The predicted octanol–water partition coefficient (Wildman–Crippen LogP) is 1.09. The number of hydrogen-bond donors (Lipinski definition) is 2. The molecule has 104 valence electrons. The molecule has 1 aromatic rings. The number of anilines is 1. The summed E-state index contributed by atoms with van der Waals surface area (Å²) in [5.41, 5.74) is 0.755. The van der Waals surface area contributed by atoms with Crippen molar-refractivity contribution in [1.29, 1.82) is 0 Å². The first-order valence-corrected chi connectivity index (χ1v) is 6.51. The van der Waals surface area contributed by atoms with Crippen LogP contribution in [0.15, 0.2) is 24.3 Å². The molecule has 1 saturated heterocycles. The van der Waals surface area contributed by atoms with Gasteiger partial charge in [-0.1, -0.05) is 0 Å². The highest BCUT2D eigenvalue weighted by atomic mass is 16.5. The van der Waals surface area contributed by atoms with Crippen LogP contribution in [0, 0.1) is 0 Å². The van der Waals surface area contributed by atoms with Crippen molar-refractivity contribution in [2.24, 2.45) is 0 Å². The van der Waals surface area contributed by atoms with Gasteiger partial charge < -0.3 is 15.2 Å². The molecule has 5 heteroatoms. The van der Waals surface area contributed by atoms with Crippen molar-refractivity contribution in [2.75, 3.05) is 32.1 Å². The maximum Gasteiger partial charge on any atom is 0.238 e. The van der Waals surface area contributed by atoms with Gasteiger partial charge in [-0.3, -0.25) is 9.69 Å². The third kappa shape index (κ3) is 3.68. The van der Waals surface area contributed by atoms with Crippen LogP contribution in [0.1, 0.15) is 12.8 Å². The van der Waals surface area contributed by atoms with Crippen molar-refractivity contribution >= 4 is 11.6 Å². The highest BCUT2D eigenvalue weighted by Crippen LogP contribution is 2.17. The number of likely N-dealkylation sites (tertiary alicyclic amines) is 1. The molecule has 0 spiro atoms. The number of rotatable bonds is 5. The number of aliphatic hydroxyl groups is 1. The van der Waals surface area contributed by atoms with E-state index in [-0.39, 0.29) is 18.6 Å². The lowest BCUT2D eigenvalue weighted by molar-refractivity contribution is -0.117. The van der Waals surface area contributed by atoms with E-state index in [0.29, 0.717) is 6.54 Å². The monoisotopic (exact) mass is 264 g/mol. The van der Waals surface area contributed by atoms with E-state index < -0.39 is 0 Å². The Balaban J connectivity index is 1.86. The summed E-state index contributed by atoms with van der Waals surface area (Å²) in [5.74, 6) is 0.711. The van der Waals surface area contributed by atoms with Gasteiger partial charge in [0.15, 0.2) is 0 Å². The van der Waals surface area contributed by atoms with Gasteiger partial charge in [0.1, 0.15) is 5.75 Å². The molecule has 0 saturated carbocycles. The minimum atomic E-state index is -0.0504. The highest BCUT2D eigenvalue weighted by molar-refractivity contribution is 5.92. The van der Waals surface area contributed by atoms with Gasteiger partial charge >= 0.3 is 0 Å². The van der Waals surface area contributed by atoms with Crippen molar-refractivity contribution in [3.05, 3.63) is 24.3 Å². The minimum absolute atomic E-state index is 0.0504. The summed E-state index contributed by atoms with van der Waals surface area (Å²) in [4.78, 5) is 13.9. The minimum Gasteiger partial charge on any atom is -0.497 e. The van der Waals surface area contributed by atoms with Crippen LogP contribution in [-0.4, -0.2) is 48.8 Å². The van der Waals surface area contributed by atoms with E-state index >= 15 is 0 Å². The normalized spacial score (nSPS) is 19.4. The van der Waals surface area contributed by atoms with Gasteiger partial charge in [0.25, 0.3) is 0 Å². The van der Waals surface area contributed by atoms with Crippen molar-refractivity contribution in [2.45, 2.75) is 18.9 Å². The van der Waals surface area contributed by atoms with Gasteiger partial charge in [0.05, 0.1) is 20.3 Å². The third-order valence-corrected chi connectivity index (χ3v) is 3.43. The van der Waals surface area contributed by atoms with E-state index in [0.717, 1.165) is 30.8 Å². The Hall–Kier alpha value is -1.59. The first kappa shape index (κ1) is 13.8. The average molecular weight is 264 g/mol. The number of benzene rings is 1. The van der Waals surface area contributed by atoms with E-state index in [1.54, 1.807) is 7.11 Å². The van der Waals surface area contributed by atoms with Crippen LogP contribution in [0.5, 0.6) is 5.75 Å². The van der Waals surface area contributed by atoms with Gasteiger partial charge in [-0.25, -0.2) is 0 Å². The Kier molecular flexibility index (Phi) is 4.76. The Morgan fingerprint density at radius 3 is 2.84 bits per heavy atom. The number of carbonyl (C=O) groups is 1. The zero-order valence-corrected chi connectivity index (χ0v) is 11.1. The zero-order valence-electron chi connectivity index (χ0n) is 11.1. The molecule has 2 rings (SSSR count). The molecule has 1 aromatic carbocycles. The summed E-state index contributed by atoms with van der Waals surface area (Å²) < 4.78 is 5.06. The Morgan fingerprint density at radius 1 is 1.47 bits per heavy atom. The summed E-state index contributed by atoms with van der Waals surface area (Å²) in [6, 6.07) is 7.36. The van der Waals surface area contributed by atoms with Crippen LogP contribution in [0.2, 0.25) is 0 Å². The molecule has 0 bridgehead atoms. The van der Waals surface area contributed by atoms with Crippen molar-refractivity contribution < 1.29 is 14.6 Å². The van der Waals surface area contributed by atoms with Gasteiger partial charge in [-0.2, -0.15) is 0 Å². The second-order valence-corrected chi connectivity index (χ2v) is 4.73. The lowest BCUT2D eigenvalue weighted by atomic mass is 10.2. The maximum atomic E-state index is 11.9. The number of nitrogens with one attached hydrogen (secondary N) is 1. The van der Waals surface area contributed by atoms with E-state index in [9.17, 15) is 9.90 Å². The number of methoxy groups -OCH3 is 1. The van der Waals surface area contributed by atoms with Crippen molar-refractivity contribution in [1.82, 2.24) is 4.90 Å². The summed E-state index contributed by atoms with van der Waals surface area (Å²) in [7, 11) is 1.61. The number of nitrogens with zero attached hydrogens (tertiary/aromatic N) is 1. The quantitative estimate of drug-likeness (QED) is 0.835. The van der Waals surface area contributed by atoms with Crippen LogP contribution in [-0.2, 0) is 4.79 Å². The fourth-order valence-electron chi connectivity index (χ4n) is 2.37. The van der Waals surface area contributed by atoms with Crippen LogP contribution >= 0.6 is 0 Å². The topological polar surface area (TPSA) is 61.8 Å². The van der Waals surface area contributed by atoms with Crippen LogP contribution in [0.3, 0.4) is 0 Å². The molecule has 19 heavy (non-hydrogen) atoms. The molecule has 0 radical (unpaired) electrons. The molecule has 1 fully saturated rings. The third-order valence-electron chi connectivity index (χ3n) is 3.43. The fourth-order valence-corrected chi connectivity index (χ4v) is 2.37. The van der Waals surface area contributed by atoms with Crippen LogP contribution in [0.25, 0.3) is 0 Å². The zero-order chi connectivity index (χ0) is 13.7. The molecule has 1 aliphatic rings. The smallest absolute Gasteiger partial charge is 0.238 e. The van der Waals surface area contributed by atoms with Crippen LogP contribution in [0.4, 0.5) is 5.69 Å². The molecule has 0 aliphatic carbocycles. The van der Waals surface area contributed by atoms with Crippen molar-refractivity contribution in [3.63, 3.8) is 0 Å². The molecule has 2 N–H and O–H groups in total. The average Bonchev–Trinajstić information content (AvgIpc) is 2.86. The van der Waals surface area contributed by atoms with Crippen LogP contribution < -0.4 is 10.1 Å². The summed E-state index contributed by atoms with van der Waals surface area (Å²) in [5, 5.41) is 12.1. The molecular weight excluding hydrogens is 244 g/mol. The summed E-state index contributed by atoms with van der Waals surface area (Å²) in [6.07, 6.45) is 2.01. The Morgan fingerprint density at radius 2 is 2.21 bits per heavy atom. The molecular formula is C14H20N2O3. The molecule has 0 aromatic heterocycles. The second kappa shape index (κ2) is 6.54. The van der Waals surface area contributed by atoms with E-state index in [1.807, 2.05) is 29.2 Å². The standard InChI is InChI=1S/C14H20N2O3/c1-19-13-6-4-11(5-7-13)15-14(18)9-16-8-2-3-12(16)10-17/h4-7,12,17H,2-3,8-10H2,1H3,(H,15,18). The molecule has 1 heterocycles. The summed E-state index contributed by atoms with van der Waals surface area (Å²) >= 11 is 0. The Labute approximate surface area is 113 Å². The predicted molar refractivity (Wildman–Crippen MR) is 73.3 cm³/mol. The van der Waals surface area contributed by atoms with Gasteiger partial charge in [-0.15, -0.1) is 0 Å². The van der Waals surface area contributed by atoms with E-state index in [1.165, 1.54) is 0 Å². The van der Waals surface area contributed by atoms with E-state index in [4.69, 9.17) is 4.74 Å². The molecule has 1 amide bonds. The molecule has 5 nitrogen and oxygen atoms in total. The first-order valence-electron chi connectivity index (χ1n) is 6.51. The van der Waals surface area contributed by atoms with Gasteiger partial charge in [0, 0.05) is 11.7 Å². The lowest BCUT2D eigenvalue weighted by Gasteiger charge is -2.21. The van der Waals surface area contributed by atoms with Gasteiger partial charge in [-0.05, 0) is 43.7 Å². The first-order chi connectivity index (χ1) is 9.22. The Bertz CT molecular complexity index is 419. The lowest BCUT2D eigenvalue weighted by Crippen LogP contribution is -2.38.